The Labute approximate surface area is 149 Å². The molecule has 5 nitrogen and oxygen atoms in total. The van der Waals surface area contributed by atoms with Crippen molar-refractivity contribution in [1.29, 1.82) is 0 Å². The number of carbonyl (C=O) groups is 1. The number of nitrogens with one attached hydrogen (secondary N) is 1. The van der Waals surface area contributed by atoms with E-state index in [1.54, 1.807) is 25.1 Å². The van der Waals surface area contributed by atoms with Crippen molar-refractivity contribution < 1.29 is 9.53 Å². The highest BCUT2D eigenvalue weighted by Gasteiger charge is 2.16. The molecule has 3 aromatic rings. The first-order valence-corrected chi connectivity index (χ1v) is 8.90. The van der Waals surface area contributed by atoms with Crippen LogP contribution in [-0.2, 0) is 9.53 Å². The van der Waals surface area contributed by atoms with Gasteiger partial charge in [-0.25, -0.2) is 4.98 Å². The van der Waals surface area contributed by atoms with Crippen LogP contribution in [0.2, 0.25) is 0 Å². The maximum absolute atomic E-state index is 12.1. The summed E-state index contributed by atoms with van der Waals surface area (Å²) < 4.78 is 5.41. The van der Waals surface area contributed by atoms with Gasteiger partial charge in [-0.1, -0.05) is 30.3 Å². The molecule has 0 spiro atoms. The molecule has 1 N–H and O–H groups in total. The molecular formula is C19H18N2O3S. The van der Waals surface area contributed by atoms with Crippen LogP contribution in [0.3, 0.4) is 0 Å². The molecule has 0 unspecified atom stereocenters. The van der Waals surface area contributed by atoms with Gasteiger partial charge >= 0.3 is 5.97 Å². The lowest BCUT2D eigenvalue weighted by atomic mass is 10.2. The summed E-state index contributed by atoms with van der Waals surface area (Å²) in [5.41, 5.74) is 1.46. The molecule has 6 heteroatoms. The Hall–Kier alpha value is -2.60. The predicted octanol–water partition coefficient (Wildman–Crippen LogP) is 3.63. The van der Waals surface area contributed by atoms with Gasteiger partial charge in [-0.05, 0) is 37.6 Å². The maximum atomic E-state index is 12.1. The molecular weight excluding hydrogens is 336 g/mol. The summed E-state index contributed by atoms with van der Waals surface area (Å²) in [6.45, 7) is 3.70. The molecule has 0 aliphatic heterocycles. The van der Waals surface area contributed by atoms with Gasteiger partial charge in [-0.15, -0.1) is 11.8 Å². The quantitative estimate of drug-likeness (QED) is 0.559. The SMILES string of the molecule is Cc1ccccc1SCC(=O)O[C@@H](C)c1nc2ccccc2c(=O)[nH]1. The van der Waals surface area contributed by atoms with Crippen molar-refractivity contribution in [3.8, 4) is 0 Å². The number of esters is 1. The van der Waals surface area contributed by atoms with E-state index in [1.165, 1.54) is 11.8 Å². The normalized spacial score (nSPS) is 12.1. The van der Waals surface area contributed by atoms with Crippen LogP contribution in [0.5, 0.6) is 0 Å². The van der Waals surface area contributed by atoms with E-state index in [4.69, 9.17) is 4.74 Å². The number of fused-ring (bicyclic) bond motifs is 1. The number of thioether (sulfide) groups is 1. The van der Waals surface area contributed by atoms with E-state index in [1.807, 2.05) is 37.3 Å². The number of rotatable bonds is 5. The Kier molecular flexibility index (Phi) is 5.19. The molecule has 0 aliphatic rings. The van der Waals surface area contributed by atoms with Gasteiger partial charge in [0.05, 0.1) is 16.7 Å². The van der Waals surface area contributed by atoms with E-state index in [9.17, 15) is 9.59 Å². The third kappa shape index (κ3) is 4.09. The molecule has 0 aliphatic carbocycles. The summed E-state index contributed by atoms with van der Waals surface area (Å²) in [6, 6.07) is 14.9. The monoisotopic (exact) mass is 354 g/mol. The van der Waals surface area contributed by atoms with Gasteiger partial charge < -0.3 is 9.72 Å². The van der Waals surface area contributed by atoms with Crippen molar-refractivity contribution in [1.82, 2.24) is 9.97 Å². The smallest absolute Gasteiger partial charge is 0.316 e. The van der Waals surface area contributed by atoms with Gasteiger partial charge in [0, 0.05) is 4.90 Å². The van der Waals surface area contributed by atoms with Crippen molar-refractivity contribution >= 4 is 28.6 Å². The Morgan fingerprint density at radius 2 is 1.92 bits per heavy atom. The van der Waals surface area contributed by atoms with Gasteiger partial charge in [-0.3, -0.25) is 9.59 Å². The van der Waals surface area contributed by atoms with Crippen LogP contribution in [0.1, 0.15) is 24.4 Å². The Morgan fingerprint density at radius 1 is 1.20 bits per heavy atom. The van der Waals surface area contributed by atoms with E-state index < -0.39 is 6.10 Å². The highest BCUT2D eigenvalue weighted by molar-refractivity contribution is 8.00. The lowest BCUT2D eigenvalue weighted by molar-refractivity contribution is -0.145. The van der Waals surface area contributed by atoms with Crippen molar-refractivity contribution in [2.75, 3.05) is 5.75 Å². The molecule has 25 heavy (non-hydrogen) atoms. The zero-order valence-corrected chi connectivity index (χ0v) is 14.8. The number of hydrogen-bond acceptors (Lipinski definition) is 5. The van der Waals surface area contributed by atoms with E-state index in [0.29, 0.717) is 16.7 Å². The summed E-state index contributed by atoms with van der Waals surface area (Å²) in [5.74, 6) is 0.196. The van der Waals surface area contributed by atoms with E-state index in [2.05, 4.69) is 9.97 Å². The Morgan fingerprint density at radius 3 is 2.72 bits per heavy atom. The largest absolute Gasteiger partial charge is 0.454 e. The van der Waals surface area contributed by atoms with Crippen molar-refractivity contribution in [3.63, 3.8) is 0 Å². The number of benzene rings is 2. The number of ether oxygens (including phenoxy) is 1. The summed E-state index contributed by atoms with van der Waals surface area (Å²) in [5, 5.41) is 0.514. The first kappa shape index (κ1) is 17.2. The molecule has 0 saturated heterocycles. The minimum absolute atomic E-state index is 0.201. The molecule has 0 amide bonds. The number of nitrogens with zero attached hydrogens (tertiary/aromatic N) is 1. The van der Waals surface area contributed by atoms with Gasteiger partial charge in [0.2, 0.25) is 0 Å². The van der Waals surface area contributed by atoms with Gasteiger partial charge in [-0.2, -0.15) is 0 Å². The van der Waals surface area contributed by atoms with Crippen molar-refractivity contribution in [2.45, 2.75) is 24.8 Å². The number of aryl methyl sites for hydroxylation is 1. The van der Waals surface area contributed by atoms with Crippen molar-refractivity contribution in [3.05, 3.63) is 70.3 Å². The second-order valence-corrected chi connectivity index (χ2v) is 6.67. The van der Waals surface area contributed by atoms with Crippen LogP contribution in [-0.4, -0.2) is 21.7 Å². The standard InChI is InChI=1S/C19H18N2O3S/c1-12-7-3-6-10-16(12)25-11-17(22)24-13(2)18-20-15-9-5-4-8-14(15)19(23)21-18/h3-10,13H,11H2,1-2H3,(H,20,21,23)/t13-/m0/s1. The zero-order chi connectivity index (χ0) is 17.8. The van der Waals surface area contributed by atoms with Crippen LogP contribution in [0.25, 0.3) is 10.9 Å². The summed E-state index contributed by atoms with van der Waals surface area (Å²) in [6.07, 6.45) is -0.623. The van der Waals surface area contributed by atoms with Crippen LogP contribution in [0, 0.1) is 6.92 Å². The van der Waals surface area contributed by atoms with Crippen LogP contribution in [0.15, 0.2) is 58.2 Å². The number of carbonyl (C=O) groups excluding carboxylic acids is 1. The minimum atomic E-state index is -0.623. The molecule has 3 rings (SSSR count). The average Bonchev–Trinajstić information content (AvgIpc) is 2.61. The summed E-state index contributed by atoms with van der Waals surface area (Å²) in [4.78, 5) is 32.3. The van der Waals surface area contributed by atoms with Crippen molar-refractivity contribution in [2.24, 2.45) is 0 Å². The molecule has 0 radical (unpaired) electrons. The summed E-state index contributed by atoms with van der Waals surface area (Å²) in [7, 11) is 0. The third-order valence-corrected chi connectivity index (χ3v) is 4.91. The van der Waals surface area contributed by atoms with Gasteiger partial charge in [0.15, 0.2) is 11.9 Å². The molecule has 0 bridgehead atoms. The molecule has 1 atom stereocenters. The van der Waals surface area contributed by atoms with E-state index in [0.717, 1.165) is 10.5 Å². The molecule has 1 heterocycles. The fourth-order valence-corrected chi connectivity index (χ4v) is 3.25. The average molecular weight is 354 g/mol. The number of para-hydroxylation sites is 1. The van der Waals surface area contributed by atoms with E-state index in [-0.39, 0.29) is 17.3 Å². The maximum Gasteiger partial charge on any atom is 0.316 e. The molecule has 0 saturated carbocycles. The lowest BCUT2D eigenvalue weighted by Gasteiger charge is -2.13. The van der Waals surface area contributed by atoms with Gasteiger partial charge in [0.1, 0.15) is 0 Å². The van der Waals surface area contributed by atoms with Gasteiger partial charge in [0.25, 0.3) is 5.56 Å². The topological polar surface area (TPSA) is 72.0 Å². The predicted molar refractivity (Wildman–Crippen MR) is 98.8 cm³/mol. The number of aromatic amines is 1. The Bertz CT molecular complexity index is 968. The van der Waals surface area contributed by atoms with E-state index >= 15 is 0 Å². The lowest BCUT2D eigenvalue weighted by Crippen LogP contribution is -2.18. The molecule has 2 aromatic carbocycles. The number of H-pyrrole nitrogens is 1. The first-order valence-electron chi connectivity index (χ1n) is 7.91. The molecule has 0 fully saturated rings. The minimum Gasteiger partial charge on any atom is -0.454 e. The Balaban J connectivity index is 1.67. The van der Waals surface area contributed by atoms with Crippen LogP contribution in [0.4, 0.5) is 0 Å². The second kappa shape index (κ2) is 7.53. The highest BCUT2D eigenvalue weighted by atomic mass is 32.2. The zero-order valence-electron chi connectivity index (χ0n) is 14.0. The summed E-state index contributed by atoms with van der Waals surface area (Å²) >= 11 is 1.43. The second-order valence-electron chi connectivity index (χ2n) is 5.65. The third-order valence-electron chi connectivity index (χ3n) is 3.76. The number of aromatic nitrogens is 2. The highest BCUT2D eigenvalue weighted by Crippen LogP contribution is 2.23. The number of hydrogen-bond donors (Lipinski definition) is 1. The fourth-order valence-electron chi connectivity index (χ4n) is 2.44. The van der Waals surface area contributed by atoms with Crippen LogP contribution >= 0.6 is 11.8 Å². The molecule has 128 valence electrons. The first-order chi connectivity index (χ1) is 12.0. The molecule has 1 aromatic heterocycles. The fraction of sp³-hybridized carbons (Fsp3) is 0.211. The van der Waals surface area contributed by atoms with Crippen LogP contribution < -0.4 is 5.56 Å².